The van der Waals surface area contributed by atoms with Gasteiger partial charge in [0.25, 0.3) is 0 Å². The van der Waals surface area contributed by atoms with Gasteiger partial charge in [0, 0.05) is 10.9 Å². The van der Waals surface area contributed by atoms with Gasteiger partial charge in [-0.3, -0.25) is 0 Å². The Kier molecular flexibility index (Phi) is 4.06. The molecule has 0 heterocycles. The predicted octanol–water partition coefficient (Wildman–Crippen LogP) is 7.34. The Morgan fingerprint density at radius 2 is 0.964 bits per heavy atom. The molecule has 0 unspecified atom stereocenters. The van der Waals surface area contributed by atoms with Crippen LogP contribution >= 0.6 is 0 Å². The molecule has 0 radical (unpaired) electrons. The lowest BCUT2D eigenvalue weighted by Gasteiger charge is -2.19. The van der Waals surface area contributed by atoms with E-state index in [1.54, 1.807) is 7.11 Å². The molecule has 0 saturated heterocycles. The third-order valence-corrected chi connectivity index (χ3v) is 5.36. The predicted molar refractivity (Wildman–Crippen MR) is 119 cm³/mol. The maximum absolute atomic E-state index is 5.83. The van der Waals surface area contributed by atoms with Gasteiger partial charge in [-0.1, -0.05) is 97.1 Å². The van der Waals surface area contributed by atoms with E-state index in [9.17, 15) is 0 Å². The third-order valence-electron chi connectivity index (χ3n) is 5.36. The van der Waals surface area contributed by atoms with Gasteiger partial charge in [0.2, 0.25) is 0 Å². The Hall–Kier alpha value is -3.58. The first-order valence-electron chi connectivity index (χ1n) is 9.51. The number of fused-ring (bicyclic) bond motifs is 2. The minimum atomic E-state index is 0.902. The van der Waals surface area contributed by atoms with Gasteiger partial charge >= 0.3 is 0 Å². The molecule has 0 N–H and O–H groups in total. The molecule has 0 atom stereocenters. The summed E-state index contributed by atoms with van der Waals surface area (Å²) in [5.41, 5.74) is 4.90. The van der Waals surface area contributed by atoms with Crippen LogP contribution in [0.15, 0.2) is 103 Å². The van der Waals surface area contributed by atoms with E-state index in [1.807, 2.05) is 0 Å². The molecule has 0 fully saturated rings. The summed E-state index contributed by atoms with van der Waals surface area (Å²) in [5.74, 6) is 0.902. The van der Waals surface area contributed by atoms with E-state index in [0.717, 1.165) is 11.1 Å². The largest absolute Gasteiger partial charge is 0.496 e. The van der Waals surface area contributed by atoms with Crippen LogP contribution in [-0.2, 0) is 0 Å². The van der Waals surface area contributed by atoms with Gasteiger partial charge in [-0.25, -0.2) is 0 Å². The number of hydrogen-bond acceptors (Lipinski definition) is 1. The SMILES string of the molecule is COc1cccc2c(-c3ccccc3)c3ccccc3c(-c3ccccc3)c12. The third kappa shape index (κ3) is 2.56. The van der Waals surface area contributed by atoms with Gasteiger partial charge in [0.15, 0.2) is 0 Å². The van der Waals surface area contributed by atoms with E-state index < -0.39 is 0 Å². The highest BCUT2D eigenvalue weighted by molar-refractivity contribution is 6.22. The van der Waals surface area contributed by atoms with Crippen LogP contribution in [-0.4, -0.2) is 7.11 Å². The number of benzene rings is 5. The standard InChI is InChI=1S/C27H20O/c1-28-24-18-10-17-23-25(19-11-4-2-5-12-19)21-15-8-9-16-22(21)26(27(23)24)20-13-6-3-7-14-20/h2-18H,1H3. The molecule has 134 valence electrons. The molecule has 5 aromatic rings. The molecule has 5 rings (SSSR count). The highest BCUT2D eigenvalue weighted by atomic mass is 16.5. The molecule has 0 amide bonds. The summed E-state index contributed by atoms with van der Waals surface area (Å²) in [6.07, 6.45) is 0. The fourth-order valence-electron chi connectivity index (χ4n) is 4.19. The van der Waals surface area contributed by atoms with Gasteiger partial charge < -0.3 is 4.74 Å². The fraction of sp³-hybridized carbons (Fsp3) is 0.0370. The van der Waals surface area contributed by atoms with Gasteiger partial charge in [-0.15, -0.1) is 0 Å². The first-order chi connectivity index (χ1) is 13.9. The van der Waals surface area contributed by atoms with Crippen molar-refractivity contribution in [1.82, 2.24) is 0 Å². The van der Waals surface area contributed by atoms with Crippen LogP contribution in [0.3, 0.4) is 0 Å². The fourth-order valence-corrected chi connectivity index (χ4v) is 4.19. The minimum Gasteiger partial charge on any atom is -0.496 e. The number of hydrogen-bond donors (Lipinski definition) is 0. The molecule has 1 nitrogen and oxygen atoms in total. The van der Waals surface area contributed by atoms with Gasteiger partial charge in [0.05, 0.1) is 7.11 Å². The molecular formula is C27H20O. The van der Waals surface area contributed by atoms with Gasteiger partial charge in [-0.05, 0) is 38.9 Å². The zero-order chi connectivity index (χ0) is 18.9. The molecule has 0 bridgehead atoms. The minimum absolute atomic E-state index is 0.902. The van der Waals surface area contributed by atoms with Gasteiger partial charge in [0.1, 0.15) is 5.75 Å². The second-order valence-corrected chi connectivity index (χ2v) is 6.91. The van der Waals surface area contributed by atoms with E-state index >= 15 is 0 Å². The number of methoxy groups -OCH3 is 1. The van der Waals surface area contributed by atoms with E-state index in [0.29, 0.717) is 0 Å². The average Bonchev–Trinajstić information content (AvgIpc) is 2.78. The second-order valence-electron chi connectivity index (χ2n) is 6.91. The molecule has 0 aliphatic heterocycles. The van der Waals surface area contributed by atoms with Crippen LogP contribution in [0, 0.1) is 0 Å². The van der Waals surface area contributed by atoms with Crippen LogP contribution in [0.4, 0.5) is 0 Å². The topological polar surface area (TPSA) is 9.23 Å². The van der Waals surface area contributed by atoms with Crippen molar-refractivity contribution in [1.29, 1.82) is 0 Å². The van der Waals surface area contributed by atoms with Crippen LogP contribution in [0.5, 0.6) is 5.75 Å². The molecule has 0 spiro atoms. The molecule has 0 aliphatic carbocycles. The quantitative estimate of drug-likeness (QED) is 0.306. The summed E-state index contributed by atoms with van der Waals surface area (Å²) in [6.45, 7) is 0. The summed E-state index contributed by atoms with van der Waals surface area (Å²) in [5, 5.41) is 4.87. The lowest BCUT2D eigenvalue weighted by Crippen LogP contribution is -1.93. The first-order valence-corrected chi connectivity index (χ1v) is 9.51. The zero-order valence-electron chi connectivity index (χ0n) is 15.7. The maximum Gasteiger partial charge on any atom is 0.127 e. The van der Waals surface area contributed by atoms with Crippen LogP contribution < -0.4 is 4.74 Å². The summed E-state index contributed by atoms with van der Waals surface area (Å²) in [4.78, 5) is 0. The summed E-state index contributed by atoms with van der Waals surface area (Å²) < 4.78 is 5.83. The molecule has 0 aliphatic rings. The lowest BCUT2D eigenvalue weighted by atomic mass is 9.85. The normalized spacial score (nSPS) is 11.0. The van der Waals surface area contributed by atoms with Crippen molar-refractivity contribution >= 4 is 21.5 Å². The van der Waals surface area contributed by atoms with Crippen molar-refractivity contribution in [3.8, 4) is 28.0 Å². The smallest absolute Gasteiger partial charge is 0.127 e. The van der Waals surface area contributed by atoms with E-state index in [-0.39, 0.29) is 0 Å². The van der Waals surface area contributed by atoms with E-state index in [1.165, 1.54) is 38.4 Å². The van der Waals surface area contributed by atoms with Crippen molar-refractivity contribution in [2.75, 3.05) is 7.11 Å². The molecule has 1 heteroatoms. The lowest BCUT2D eigenvalue weighted by molar-refractivity contribution is 0.420. The van der Waals surface area contributed by atoms with E-state index in [4.69, 9.17) is 4.74 Å². The van der Waals surface area contributed by atoms with E-state index in [2.05, 4.69) is 103 Å². The molecular weight excluding hydrogens is 340 g/mol. The Labute approximate surface area is 164 Å². The van der Waals surface area contributed by atoms with Crippen molar-refractivity contribution < 1.29 is 4.74 Å². The molecule has 28 heavy (non-hydrogen) atoms. The van der Waals surface area contributed by atoms with Gasteiger partial charge in [-0.2, -0.15) is 0 Å². The van der Waals surface area contributed by atoms with Crippen molar-refractivity contribution in [2.45, 2.75) is 0 Å². The second kappa shape index (κ2) is 6.86. The van der Waals surface area contributed by atoms with Crippen molar-refractivity contribution in [2.24, 2.45) is 0 Å². The Morgan fingerprint density at radius 3 is 1.57 bits per heavy atom. The number of rotatable bonds is 3. The zero-order valence-corrected chi connectivity index (χ0v) is 15.7. The van der Waals surface area contributed by atoms with Crippen LogP contribution in [0.2, 0.25) is 0 Å². The number of ether oxygens (including phenoxy) is 1. The summed E-state index contributed by atoms with van der Waals surface area (Å²) in [6, 6.07) is 36.2. The van der Waals surface area contributed by atoms with Crippen molar-refractivity contribution in [3.05, 3.63) is 103 Å². The summed E-state index contributed by atoms with van der Waals surface area (Å²) >= 11 is 0. The Bertz CT molecular complexity index is 1270. The average molecular weight is 360 g/mol. The Balaban J connectivity index is 2.06. The Morgan fingerprint density at radius 1 is 0.464 bits per heavy atom. The maximum atomic E-state index is 5.83. The van der Waals surface area contributed by atoms with Crippen molar-refractivity contribution in [3.63, 3.8) is 0 Å². The highest BCUT2D eigenvalue weighted by Gasteiger charge is 2.18. The molecule has 5 aromatic carbocycles. The summed E-state index contributed by atoms with van der Waals surface area (Å²) in [7, 11) is 1.75. The highest BCUT2D eigenvalue weighted by Crippen LogP contribution is 2.46. The first kappa shape index (κ1) is 16.6. The van der Waals surface area contributed by atoms with Crippen LogP contribution in [0.1, 0.15) is 0 Å². The van der Waals surface area contributed by atoms with Crippen LogP contribution in [0.25, 0.3) is 43.8 Å². The molecule has 0 saturated carbocycles. The molecule has 0 aromatic heterocycles. The monoisotopic (exact) mass is 360 g/mol.